The summed E-state index contributed by atoms with van der Waals surface area (Å²) in [6.07, 6.45) is 7.38. The number of nitrogens with one attached hydrogen (secondary N) is 1. The fraction of sp³-hybridized carbons (Fsp3) is 0.240. The van der Waals surface area contributed by atoms with E-state index in [-0.39, 0.29) is 24.0 Å². The monoisotopic (exact) mass is 495 g/mol. The van der Waals surface area contributed by atoms with Crippen LogP contribution in [0, 0.1) is 0 Å². The van der Waals surface area contributed by atoms with Crippen molar-refractivity contribution in [2.45, 2.75) is 32.6 Å². The van der Waals surface area contributed by atoms with E-state index in [4.69, 9.17) is 0 Å². The van der Waals surface area contributed by atoms with Crippen molar-refractivity contribution in [1.82, 2.24) is 4.40 Å². The zero-order valence-electron chi connectivity index (χ0n) is 16.7. The van der Waals surface area contributed by atoms with Crippen molar-refractivity contribution >= 4 is 38.7 Å². The van der Waals surface area contributed by atoms with Crippen LogP contribution >= 0.6 is 0 Å². The highest BCUT2D eigenvalue weighted by atomic mass is 127. The van der Waals surface area contributed by atoms with Crippen LogP contribution in [0.15, 0.2) is 72.9 Å². The van der Waals surface area contributed by atoms with Gasteiger partial charge in [-0.2, -0.15) is 8.80 Å². The summed E-state index contributed by atoms with van der Waals surface area (Å²) in [5, 5.41) is 6.10. The van der Waals surface area contributed by atoms with Crippen molar-refractivity contribution < 1.29 is 28.4 Å². The fourth-order valence-corrected chi connectivity index (χ4v) is 4.20. The summed E-state index contributed by atoms with van der Waals surface area (Å²) >= 11 is 0. The molecule has 0 radical (unpaired) electrons. The largest absolute Gasteiger partial charge is 1.00 e. The highest BCUT2D eigenvalue weighted by Gasteiger charge is 2.16. The normalized spacial score (nSPS) is 11.3. The molecule has 4 heteroatoms. The van der Waals surface area contributed by atoms with E-state index in [1.54, 1.807) is 0 Å². The molecule has 5 aromatic rings. The molecule has 0 amide bonds. The van der Waals surface area contributed by atoms with Gasteiger partial charge in [0.1, 0.15) is 17.2 Å². The highest BCUT2D eigenvalue weighted by molar-refractivity contribution is 5.88. The van der Waals surface area contributed by atoms with Gasteiger partial charge in [-0.25, -0.2) is 0 Å². The zero-order valence-corrected chi connectivity index (χ0v) is 18.9. The zero-order chi connectivity index (χ0) is 18.9. The summed E-state index contributed by atoms with van der Waals surface area (Å²) in [6, 6.07) is 24.1. The molecule has 2 aromatic carbocycles. The van der Waals surface area contributed by atoms with Crippen LogP contribution in [0.1, 0.15) is 32.6 Å². The molecule has 3 aromatic heterocycles. The second-order valence-electron chi connectivity index (χ2n) is 7.60. The molecule has 0 bridgehead atoms. The minimum absolute atomic E-state index is 0. The third-order valence-electron chi connectivity index (χ3n) is 5.67. The number of imidazole rings is 1. The predicted octanol–water partition coefficient (Wildman–Crippen LogP) is 2.98. The van der Waals surface area contributed by atoms with E-state index in [0.717, 1.165) is 6.54 Å². The van der Waals surface area contributed by atoms with Crippen molar-refractivity contribution in [3.05, 3.63) is 72.9 Å². The Bertz CT molecular complexity index is 1290. The molecule has 3 nitrogen and oxygen atoms in total. The quantitative estimate of drug-likeness (QED) is 0.218. The molecule has 0 unspecified atom stereocenters. The van der Waals surface area contributed by atoms with Crippen LogP contribution in [0.3, 0.4) is 0 Å². The summed E-state index contributed by atoms with van der Waals surface area (Å²) in [5.74, 6) is 0. The number of aromatic nitrogens is 2. The van der Waals surface area contributed by atoms with Gasteiger partial charge >= 0.3 is 0 Å². The molecular formula is C25H26IN3. The standard InChI is InChI=1S/C25H26N3.HI/c1-2-3-4-7-16-26-21-12-14-24-20(17-21)10-13-22-18-27-23-9-6-5-8-19(23)11-15-25(27)28(22)24;/h5-6,8-15,17-18,26H,2-4,7,16H2,1H3;1H/q+1;/p-1. The Labute approximate surface area is 188 Å². The Morgan fingerprint density at radius 2 is 1.72 bits per heavy atom. The number of unbranched alkanes of at least 4 members (excludes halogenated alkanes) is 3. The average Bonchev–Trinajstić information content (AvgIpc) is 3.13. The molecule has 148 valence electrons. The first-order chi connectivity index (χ1) is 13.8. The Hall–Kier alpha value is -2.34. The molecular weight excluding hydrogens is 469 g/mol. The second kappa shape index (κ2) is 8.57. The topological polar surface area (TPSA) is 20.5 Å². The molecule has 3 heterocycles. The smallest absolute Gasteiger partial charge is 0.292 e. The molecule has 0 spiro atoms. The molecule has 0 aliphatic heterocycles. The van der Waals surface area contributed by atoms with E-state index in [0.29, 0.717) is 0 Å². The summed E-state index contributed by atoms with van der Waals surface area (Å²) in [7, 11) is 0. The number of hydrogen-bond donors (Lipinski definition) is 1. The number of pyridine rings is 2. The molecule has 0 saturated carbocycles. The lowest BCUT2D eigenvalue weighted by Crippen LogP contribution is -3.00. The van der Waals surface area contributed by atoms with Gasteiger partial charge in [0.2, 0.25) is 0 Å². The number of halogens is 1. The van der Waals surface area contributed by atoms with Crippen LogP contribution < -0.4 is 33.7 Å². The Kier molecular flexibility index (Phi) is 5.90. The number of hydrogen-bond acceptors (Lipinski definition) is 1. The summed E-state index contributed by atoms with van der Waals surface area (Å²) in [6.45, 7) is 3.30. The number of para-hydroxylation sites is 1. The Morgan fingerprint density at radius 3 is 2.62 bits per heavy atom. The van der Waals surface area contributed by atoms with E-state index in [1.807, 2.05) is 0 Å². The fourth-order valence-electron chi connectivity index (χ4n) is 4.20. The van der Waals surface area contributed by atoms with Crippen LogP contribution in [-0.2, 0) is 0 Å². The van der Waals surface area contributed by atoms with Crippen LogP contribution in [0.25, 0.3) is 33.0 Å². The predicted molar refractivity (Wildman–Crippen MR) is 118 cm³/mol. The van der Waals surface area contributed by atoms with Gasteiger partial charge in [-0.15, -0.1) is 0 Å². The average molecular weight is 495 g/mol. The van der Waals surface area contributed by atoms with Crippen molar-refractivity contribution in [3.63, 3.8) is 0 Å². The first-order valence-electron chi connectivity index (χ1n) is 10.4. The van der Waals surface area contributed by atoms with Gasteiger partial charge in [-0.3, -0.25) is 0 Å². The van der Waals surface area contributed by atoms with Gasteiger partial charge in [-0.05, 0) is 48.9 Å². The molecule has 1 N–H and O–H groups in total. The lowest BCUT2D eigenvalue weighted by molar-refractivity contribution is -0.479. The van der Waals surface area contributed by atoms with Crippen LogP contribution in [0.4, 0.5) is 5.69 Å². The highest BCUT2D eigenvalue weighted by Crippen LogP contribution is 2.24. The van der Waals surface area contributed by atoms with Gasteiger partial charge in [-0.1, -0.05) is 44.4 Å². The molecule has 0 aliphatic rings. The van der Waals surface area contributed by atoms with Crippen LogP contribution in [-0.4, -0.2) is 10.9 Å². The van der Waals surface area contributed by atoms with Crippen LogP contribution in [0.5, 0.6) is 0 Å². The minimum atomic E-state index is 0. The maximum atomic E-state index is 3.58. The van der Waals surface area contributed by atoms with E-state index in [1.165, 1.54) is 64.3 Å². The molecule has 5 rings (SSSR count). The molecule has 29 heavy (non-hydrogen) atoms. The maximum Gasteiger partial charge on any atom is 0.292 e. The molecule has 0 fully saturated rings. The van der Waals surface area contributed by atoms with Gasteiger partial charge in [0.15, 0.2) is 5.52 Å². The second-order valence-corrected chi connectivity index (χ2v) is 7.60. The third kappa shape index (κ3) is 3.66. The molecule has 0 atom stereocenters. The van der Waals surface area contributed by atoms with Gasteiger partial charge < -0.3 is 29.3 Å². The van der Waals surface area contributed by atoms with Crippen molar-refractivity contribution in [1.29, 1.82) is 0 Å². The number of fused-ring (bicyclic) bond motifs is 7. The summed E-state index contributed by atoms with van der Waals surface area (Å²) in [5.41, 5.74) is 6.09. The lowest BCUT2D eigenvalue weighted by atomic mass is 10.1. The van der Waals surface area contributed by atoms with E-state index < -0.39 is 0 Å². The number of nitrogens with zero attached hydrogens (tertiary/aromatic N) is 2. The Morgan fingerprint density at radius 1 is 0.862 bits per heavy atom. The third-order valence-corrected chi connectivity index (χ3v) is 5.67. The van der Waals surface area contributed by atoms with Crippen molar-refractivity contribution in [2.75, 3.05) is 11.9 Å². The summed E-state index contributed by atoms with van der Waals surface area (Å²) < 4.78 is 4.65. The van der Waals surface area contributed by atoms with Gasteiger partial charge in [0, 0.05) is 29.1 Å². The van der Waals surface area contributed by atoms with Crippen molar-refractivity contribution in [3.8, 4) is 0 Å². The summed E-state index contributed by atoms with van der Waals surface area (Å²) in [4.78, 5) is 0. The number of benzene rings is 2. The first kappa shape index (κ1) is 20.0. The minimum Gasteiger partial charge on any atom is -1.00 e. The van der Waals surface area contributed by atoms with Gasteiger partial charge in [0.25, 0.3) is 5.65 Å². The molecule has 0 aliphatic carbocycles. The lowest BCUT2D eigenvalue weighted by Gasteiger charge is -2.07. The van der Waals surface area contributed by atoms with Crippen molar-refractivity contribution in [2.24, 2.45) is 0 Å². The SMILES string of the molecule is CCCCCCNc1ccc2c(ccc3c[n+]4c5ccccc5ccc4n32)c1.[I-]. The van der Waals surface area contributed by atoms with E-state index in [2.05, 4.69) is 94.0 Å². The van der Waals surface area contributed by atoms with Gasteiger partial charge in [0.05, 0.1) is 0 Å². The van der Waals surface area contributed by atoms with E-state index in [9.17, 15) is 0 Å². The number of anilines is 1. The Balaban J connectivity index is 0.00000205. The van der Waals surface area contributed by atoms with E-state index >= 15 is 0 Å². The van der Waals surface area contributed by atoms with Crippen LogP contribution in [0.2, 0.25) is 0 Å². The first-order valence-corrected chi connectivity index (χ1v) is 10.4. The number of rotatable bonds is 6. The molecule has 0 saturated heterocycles. The maximum absolute atomic E-state index is 3.58.